The summed E-state index contributed by atoms with van der Waals surface area (Å²) in [6, 6.07) is 6.80. The fourth-order valence-electron chi connectivity index (χ4n) is 2.03. The number of ether oxygens (including phenoxy) is 2. The van der Waals surface area contributed by atoms with E-state index >= 15 is 0 Å². The number of esters is 1. The first-order valence-electron chi connectivity index (χ1n) is 6.09. The number of hydrogen-bond acceptors (Lipinski definition) is 5. The minimum atomic E-state index is -0.731. The van der Waals surface area contributed by atoms with Crippen molar-refractivity contribution >= 4 is 16.9 Å². The van der Waals surface area contributed by atoms with E-state index in [1.54, 1.807) is 31.2 Å². The Hall–Kier alpha value is -2.50. The van der Waals surface area contributed by atoms with Gasteiger partial charge in [0.25, 0.3) is 0 Å². The van der Waals surface area contributed by atoms with Crippen LogP contribution in [0.15, 0.2) is 29.1 Å². The molecule has 0 aliphatic heterocycles. The van der Waals surface area contributed by atoms with Crippen LogP contribution in [0.3, 0.4) is 0 Å². The lowest BCUT2D eigenvalue weighted by atomic mass is 10.1. The quantitative estimate of drug-likeness (QED) is 0.787. The van der Waals surface area contributed by atoms with Crippen LogP contribution in [-0.2, 0) is 4.74 Å². The molecule has 0 aliphatic rings. The Morgan fingerprint density at radius 3 is 2.55 bits per heavy atom. The first-order valence-corrected chi connectivity index (χ1v) is 6.09. The van der Waals surface area contributed by atoms with Crippen molar-refractivity contribution in [1.82, 2.24) is 4.73 Å². The molecule has 0 spiro atoms. The van der Waals surface area contributed by atoms with Crippen LogP contribution < -0.4 is 15.0 Å². The summed E-state index contributed by atoms with van der Waals surface area (Å²) in [5, 5.41) is 0.359. The molecule has 1 heterocycles. The molecule has 6 nitrogen and oxygen atoms in total. The number of methoxy groups -OCH3 is 1. The first kappa shape index (κ1) is 13.9. The van der Waals surface area contributed by atoms with E-state index < -0.39 is 11.4 Å². The van der Waals surface area contributed by atoms with Gasteiger partial charge in [-0.25, -0.2) is 4.79 Å². The lowest BCUT2D eigenvalue weighted by Gasteiger charge is -2.16. The van der Waals surface area contributed by atoms with E-state index in [0.717, 1.165) is 0 Å². The molecule has 0 amide bonds. The molecule has 0 saturated carbocycles. The second kappa shape index (κ2) is 5.64. The van der Waals surface area contributed by atoms with Crippen LogP contribution in [0.2, 0.25) is 0 Å². The first-order chi connectivity index (χ1) is 9.65. The summed E-state index contributed by atoms with van der Waals surface area (Å²) in [6.07, 6.45) is 0. The molecule has 6 heteroatoms. The average molecular weight is 277 g/mol. The van der Waals surface area contributed by atoms with Crippen LogP contribution in [0.25, 0.3) is 10.9 Å². The van der Waals surface area contributed by atoms with Gasteiger partial charge in [-0.3, -0.25) is 4.79 Å². The zero-order valence-electron chi connectivity index (χ0n) is 11.5. The van der Waals surface area contributed by atoms with Crippen LogP contribution in [0.5, 0.6) is 5.88 Å². The highest BCUT2D eigenvalue weighted by Gasteiger charge is 2.24. The molecule has 2 aromatic rings. The van der Waals surface area contributed by atoms with Crippen molar-refractivity contribution in [3.8, 4) is 5.88 Å². The number of nitrogens with zero attached hydrogens (tertiary/aromatic N) is 1. The predicted octanol–water partition coefficient (Wildman–Crippen LogP) is 1.25. The van der Waals surface area contributed by atoms with Crippen LogP contribution >= 0.6 is 0 Å². The number of rotatable bonds is 4. The maximum absolute atomic E-state index is 12.4. The maximum Gasteiger partial charge on any atom is 0.347 e. The number of carbonyl (C=O) groups is 1. The largest absolute Gasteiger partial charge is 0.479 e. The Labute approximate surface area is 115 Å². The van der Waals surface area contributed by atoms with E-state index in [0.29, 0.717) is 10.9 Å². The van der Waals surface area contributed by atoms with Gasteiger partial charge in [-0.05, 0) is 19.1 Å². The number of benzene rings is 1. The van der Waals surface area contributed by atoms with E-state index in [-0.39, 0.29) is 18.1 Å². The Kier molecular flexibility index (Phi) is 3.93. The molecule has 2 rings (SSSR count). The third kappa shape index (κ3) is 2.09. The number of pyridine rings is 1. The Morgan fingerprint density at radius 1 is 1.25 bits per heavy atom. The smallest absolute Gasteiger partial charge is 0.347 e. The van der Waals surface area contributed by atoms with Crippen molar-refractivity contribution in [2.75, 3.05) is 20.8 Å². The lowest BCUT2D eigenvalue weighted by molar-refractivity contribution is 0.0512. The van der Waals surface area contributed by atoms with Crippen molar-refractivity contribution in [2.45, 2.75) is 6.92 Å². The van der Waals surface area contributed by atoms with Gasteiger partial charge in [0.15, 0.2) is 5.56 Å². The molecule has 0 unspecified atom stereocenters. The van der Waals surface area contributed by atoms with Gasteiger partial charge in [0.1, 0.15) is 7.11 Å². The lowest BCUT2D eigenvalue weighted by Crippen LogP contribution is -2.25. The van der Waals surface area contributed by atoms with Crippen molar-refractivity contribution in [3.63, 3.8) is 0 Å². The highest BCUT2D eigenvalue weighted by molar-refractivity contribution is 5.96. The summed E-state index contributed by atoms with van der Waals surface area (Å²) in [5.74, 6) is -0.708. The molecule has 20 heavy (non-hydrogen) atoms. The SMILES string of the molecule is CCOC(=O)c1c(OC)n(OC)c2ccccc2c1=O. The molecule has 1 aromatic carbocycles. The molecular formula is C14H15NO5. The minimum absolute atomic E-state index is 0.0228. The molecule has 0 atom stereocenters. The van der Waals surface area contributed by atoms with Crippen LogP contribution in [0, 0.1) is 0 Å². The summed E-state index contributed by atoms with van der Waals surface area (Å²) >= 11 is 0. The second-order valence-electron chi connectivity index (χ2n) is 3.93. The molecule has 0 aliphatic carbocycles. The van der Waals surface area contributed by atoms with Crippen LogP contribution in [-0.4, -0.2) is 31.5 Å². The fourth-order valence-corrected chi connectivity index (χ4v) is 2.03. The minimum Gasteiger partial charge on any atom is -0.479 e. The zero-order valence-corrected chi connectivity index (χ0v) is 11.5. The van der Waals surface area contributed by atoms with Gasteiger partial charge in [0.05, 0.1) is 24.6 Å². The third-order valence-corrected chi connectivity index (χ3v) is 2.85. The highest BCUT2D eigenvalue weighted by Crippen LogP contribution is 2.21. The average Bonchev–Trinajstić information content (AvgIpc) is 2.47. The van der Waals surface area contributed by atoms with E-state index in [1.165, 1.54) is 19.0 Å². The van der Waals surface area contributed by atoms with Gasteiger partial charge in [-0.15, -0.1) is 4.73 Å². The Morgan fingerprint density at radius 2 is 1.95 bits per heavy atom. The van der Waals surface area contributed by atoms with Crippen LogP contribution in [0.4, 0.5) is 0 Å². The number of fused-ring (bicyclic) bond motifs is 1. The molecule has 0 radical (unpaired) electrons. The topological polar surface area (TPSA) is 66.8 Å². The predicted molar refractivity (Wildman–Crippen MR) is 73.2 cm³/mol. The molecule has 0 bridgehead atoms. The van der Waals surface area contributed by atoms with Crippen molar-refractivity contribution in [3.05, 3.63) is 40.1 Å². The van der Waals surface area contributed by atoms with E-state index in [4.69, 9.17) is 14.3 Å². The summed E-state index contributed by atoms with van der Waals surface area (Å²) in [6.45, 7) is 1.83. The van der Waals surface area contributed by atoms with E-state index in [1.807, 2.05) is 0 Å². The van der Waals surface area contributed by atoms with Crippen molar-refractivity contribution < 1.29 is 19.1 Å². The summed E-state index contributed by atoms with van der Waals surface area (Å²) < 4.78 is 11.4. The van der Waals surface area contributed by atoms with Crippen LogP contribution in [0.1, 0.15) is 17.3 Å². The van der Waals surface area contributed by atoms with Crippen molar-refractivity contribution in [2.24, 2.45) is 0 Å². The maximum atomic E-state index is 12.4. The van der Waals surface area contributed by atoms with Gasteiger partial charge < -0.3 is 14.3 Å². The van der Waals surface area contributed by atoms with Gasteiger partial charge in [-0.2, -0.15) is 0 Å². The highest BCUT2D eigenvalue weighted by atomic mass is 16.7. The summed E-state index contributed by atoms with van der Waals surface area (Å²) in [5.41, 5.74) is -0.0935. The molecular weight excluding hydrogens is 262 g/mol. The standard InChI is InChI=1S/C14H15NO5/c1-4-20-14(17)11-12(16)9-7-5-6-8-10(9)15(19-3)13(11)18-2/h5-8H,4H2,1-3H3. The summed E-state index contributed by atoms with van der Waals surface area (Å²) in [4.78, 5) is 29.6. The molecule has 0 saturated heterocycles. The molecule has 106 valence electrons. The number of para-hydroxylation sites is 1. The Balaban J connectivity index is 2.89. The monoisotopic (exact) mass is 277 g/mol. The van der Waals surface area contributed by atoms with E-state index in [2.05, 4.69) is 0 Å². The Bertz CT molecular complexity index is 705. The fraction of sp³-hybridized carbons (Fsp3) is 0.286. The van der Waals surface area contributed by atoms with Gasteiger partial charge in [0, 0.05) is 0 Å². The number of aromatic nitrogens is 1. The van der Waals surface area contributed by atoms with Gasteiger partial charge in [-0.1, -0.05) is 12.1 Å². The third-order valence-electron chi connectivity index (χ3n) is 2.85. The van der Waals surface area contributed by atoms with Gasteiger partial charge >= 0.3 is 5.97 Å². The number of hydrogen-bond donors (Lipinski definition) is 0. The zero-order chi connectivity index (χ0) is 14.7. The molecule has 0 fully saturated rings. The van der Waals surface area contributed by atoms with Crippen molar-refractivity contribution in [1.29, 1.82) is 0 Å². The van der Waals surface area contributed by atoms with E-state index in [9.17, 15) is 9.59 Å². The number of carbonyl (C=O) groups excluding carboxylic acids is 1. The molecule has 1 aromatic heterocycles. The molecule has 0 N–H and O–H groups in total. The normalized spacial score (nSPS) is 10.3. The van der Waals surface area contributed by atoms with Gasteiger partial charge in [0.2, 0.25) is 11.3 Å². The second-order valence-corrected chi connectivity index (χ2v) is 3.93. The summed E-state index contributed by atoms with van der Waals surface area (Å²) in [7, 11) is 2.79.